The topological polar surface area (TPSA) is 52.1 Å². The molecular formula is C13H16F2N2O2. The quantitative estimate of drug-likeness (QED) is 0.608. The highest BCUT2D eigenvalue weighted by atomic mass is 19.3. The molecule has 0 aliphatic heterocycles. The van der Waals surface area contributed by atoms with Gasteiger partial charge in [0, 0.05) is 19.0 Å². The van der Waals surface area contributed by atoms with Gasteiger partial charge in [0.2, 0.25) is 0 Å². The molecule has 0 fully saturated rings. The van der Waals surface area contributed by atoms with Crippen LogP contribution in [0, 0.1) is 0 Å². The lowest BCUT2D eigenvalue weighted by Crippen LogP contribution is -2.11. The Labute approximate surface area is 110 Å². The summed E-state index contributed by atoms with van der Waals surface area (Å²) < 4.78 is 28.6. The standard InChI is InChI=1S/C13H16F2N2O2/c14-12(15)8-19-6-5-13-16-7-9-10(17-13)3-1-2-4-11(9)18/h7,12H,1-6,8H2. The van der Waals surface area contributed by atoms with Gasteiger partial charge < -0.3 is 4.74 Å². The number of aryl methyl sites for hydroxylation is 1. The summed E-state index contributed by atoms with van der Waals surface area (Å²) in [5, 5.41) is 0. The first-order valence-electron chi connectivity index (χ1n) is 6.40. The Morgan fingerprint density at radius 2 is 2.11 bits per heavy atom. The van der Waals surface area contributed by atoms with Crippen LogP contribution in [-0.4, -0.2) is 35.4 Å². The maximum atomic E-state index is 11.9. The van der Waals surface area contributed by atoms with Gasteiger partial charge in [0.15, 0.2) is 5.78 Å². The zero-order valence-electron chi connectivity index (χ0n) is 10.6. The van der Waals surface area contributed by atoms with Crippen molar-refractivity contribution in [3.05, 3.63) is 23.3 Å². The molecule has 0 saturated carbocycles. The molecule has 0 aromatic carbocycles. The van der Waals surface area contributed by atoms with Gasteiger partial charge in [-0.2, -0.15) is 0 Å². The van der Waals surface area contributed by atoms with Crippen LogP contribution >= 0.6 is 0 Å². The molecule has 0 amide bonds. The van der Waals surface area contributed by atoms with Gasteiger partial charge in [-0.15, -0.1) is 0 Å². The molecule has 1 aliphatic rings. The van der Waals surface area contributed by atoms with Gasteiger partial charge in [0.1, 0.15) is 12.4 Å². The number of fused-ring (bicyclic) bond motifs is 1. The average Bonchev–Trinajstić information content (AvgIpc) is 2.56. The molecule has 0 unspecified atom stereocenters. The van der Waals surface area contributed by atoms with E-state index in [0.29, 0.717) is 24.2 Å². The summed E-state index contributed by atoms with van der Waals surface area (Å²) in [6.45, 7) is -0.402. The molecule has 19 heavy (non-hydrogen) atoms. The van der Waals surface area contributed by atoms with Gasteiger partial charge in [-0.25, -0.2) is 18.7 Å². The van der Waals surface area contributed by atoms with Crippen molar-refractivity contribution in [2.24, 2.45) is 0 Å². The number of ether oxygens (including phenoxy) is 1. The largest absolute Gasteiger partial charge is 0.375 e. The normalized spacial score (nSPS) is 15.4. The molecule has 6 heteroatoms. The molecule has 1 aromatic heterocycles. The summed E-state index contributed by atoms with van der Waals surface area (Å²) in [4.78, 5) is 20.2. The molecule has 1 aromatic rings. The molecule has 104 valence electrons. The Hall–Kier alpha value is -1.43. The van der Waals surface area contributed by atoms with E-state index in [9.17, 15) is 13.6 Å². The monoisotopic (exact) mass is 270 g/mol. The molecular weight excluding hydrogens is 254 g/mol. The number of alkyl halides is 2. The van der Waals surface area contributed by atoms with Crippen molar-refractivity contribution in [3.63, 3.8) is 0 Å². The third-order valence-corrected chi connectivity index (χ3v) is 3.00. The lowest BCUT2D eigenvalue weighted by molar-refractivity contribution is 0.0182. The molecule has 4 nitrogen and oxygen atoms in total. The molecule has 1 aliphatic carbocycles. The Morgan fingerprint density at radius 3 is 2.89 bits per heavy atom. The van der Waals surface area contributed by atoms with Gasteiger partial charge >= 0.3 is 0 Å². The van der Waals surface area contributed by atoms with Crippen LogP contribution in [0.25, 0.3) is 0 Å². The molecule has 0 N–H and O–H groups in total. The summed E-state index contributed by atoms with van der Waals surface area (Å²) in [5.74, 6) is 0.635. The van der Waals surface area contributed by atoms with E-state index in [2.05, 4.69) is 9.97 Å². The number of ketones is 1. The predicted molar refractivity (Wildman–Crippen MR) is 64.4 cm³/mol. The van der Waals surface area contributed by atoms with E-state index < -0.39 is 13.0 Å². The minimum atomic E-state index is -2.45. The highest BCUT2D eigenvalue weighted by Gasteiger charge is 2.17. The van der Waals surface area contributed by atoms with E-state index in [1.165, 1.54) is 0 Å². The summed E-state index contributed by atoms with van der Waals surface area (Å²) in [7, 11) is 0. The fraction of sp³-hybridized carbons (Fsp3) is 0.615. The minimum Gasteiger partial charge on any atom is -0.375 e. The highest BCUT2D eigenvalue weighted by molar-refractivity contribution is 5.97. The van der Waals surface area contributed by atoms with Gasteiger partial charge in [0.05, 0.1) is 17.9 Å². The van der Waals surface area contributed by atoms with Crippen LogP contribution in [0.4, 0.5) is 8.78 Å². The van der Waals surface area contributed by atoms with Gasteiger partial charge in [0.25, 0.3) is 6.43 Å². The Balaban J connectivity index is 1.96. The van der Waals surface area contributed by atoms with Crippen molar-refractivity contribution in [2.45, 2.75) is 38.5 Å². The number of hydrogen-bond acceptors (Lipinski definition) is 4. The van der Waals surface area contributed by atoms with Crippen LogP contribution in [0.15, 0.2) is 6.20 Å². The van der Waals surface area contributed by atoms with Crippen molar-refractivity contribution >= 4 is 5.78 Å². The van der Waals surface area contributed by atoms with Crippen LogP contribution in [0.3, 0.4) is 0 Å². The highest BCUT2D eigenvalue weighted by Crippen LogP contribution is 2.18. The number of Topliss-reactive ketones (excluding diaryl/α,β-unsaturated/α-hetero) is 1. The van der Waals surface area contributed by atoms with Gasteiger partial charge in [-0.1, -0.05) is 0 Å². The number of nitrogens with zero attached hydrogens (tertiary/aromatic N) is 2. The fourth-order valence-corrected chi connectivity index (χ4v) is 2.05. The zero-order chi connectivity index (χ0) is 13.7. The first-order valence-corrected chi connectivity index (χ1v) is 6.40. The molecule has 0 radical (unpaired) electrons. The minimum absolute atomic E-state index is 0.0907. The molecule has 0 bridgehead atoms. The average molecular weight is 270 g/mol. The van der Waals surface area contributed by atoms with Crippen LogP contribution in [0.2, 0.25) is 0 Å². The SMILES string of the molecule is O=C1CCCCc2nc(CCOCC(F)F)ncc21. The van der Waals surface area contributed by atoms with Crippen molar-refractivity contribution in [1.29, 1.82) is 0 Å². The number of halogens is 2. The Morgan fingerprint density at radius 1 is 1.32 bits per heavy atom. The lowest BCUT2D eigenvalue weighted by Gasteiger charge is -2.06. The molecule has 1 heterocycles. The number of aromatic nitrogens is 2. The zero-order valence-corrected chi connectivity index (χ0v) is 10.6. The predicted octanol–water partition coefficient (Wildman–Crippen LogP) is 2.21. The first-order chi connectivity index (χ1) is 9.16. The maximum absolute atomic E-state index is 11.9. The third-order valence-electron chi connectivity index (χ3n) is 3.00. The van der Waals surface area contributed by atoms with Crippen LogP contribution < -0.4 is 0 Å². The molecule has 2 rings (SSSR count). The van der Waals surface area contributed by atoms with Gasteiger partial charge in [-0.05, 0) is 19.3 Å². The summed E-state index contributed by atoms with van der Waals surface area (Å²) >= 11 is 0. The molecule has 0 atom stereocenters. The molecule has 0 spiro atoms. The summed E-state index contributed by atoms with van der Waals surface area (Å²) in [6.07, 6.45) is 2.62. The number of hydrogen-bond donors (Lipinski definition) is 0. The lowest BCUT2D eigenvalue weighted by atomic mass is 10.1. The first kappa shape index (κ1) is 14.0. The number of carbonyl (C=O) groups excluding carboxylic acids is 1. The van der Waals surface area contributed by atoms with E-state index in [1.807, 2.05) is 0 Å². The van der Waals surface area contributed by atoms with Crippen LogP contribution in [-0.2, 0) is 17.6 Å². The van der Waals surface area contributed by atoms with E-state index >= 15 is 0 Å². The van der Waals surface area contributed by atoms with E-state index in [0.717, 1.165) is 25.0 Å². The number of carbonyl (C=O) groups is 1. The van der Waals surface area contributed by atoms with E-state index in [1.54, 1.807) is 6.20 Å². The second-order valence-electron chi connectivity index (χ2n) is 4.49. The third kappa shape index (κ3) is 4.02. The van der Waals surface area contributed by atoms with Crippen molar-refractivity contribution in [1.82, 2.24) is 9.97 Å². The van der Waals surface area contributed by atoms with Gasteiger partial charge in [-0.3, -0.25) is 4.79 Å². The molecule has 0 saturated heterocycles. The van der Waals surface area contributed by atoms with E-state index in [4.69, 9.17) is 4.74 Å². The van der Waals surface area contributed by atoms with Crippen LogP contribution in [0.1, 0.15) is 41.1 Å². The Kier molecular flexibility index (Phi) is 4.90. The summed E-state index contributed by atoms with van der Waals surface area (Å²) in [6, 6.07) is 0. The summed E-state index contributed by atoms with van der Waals surface area (Å²) in [5.41, 5.74) is 1.39. The van der Waals surface area contributed by atoms with Crippen molar-refractivity contribution in [2.75, 3.05) is 13.2 Å². The van der Waals surface area contributed by atoms with Crippen molar-refractivity contribution in [3.8, 4) is 0 Å². The fourth-order valence-electron chi connectivity index (χ4n) is 2.05. The second-order valence-corrected chi connectivity index (χ2v) is 4.49. The smallest absolute Gasteiger partial charge is 0.261 e. The Bertz CT molecular complexity index is 452. The van der Waals surface area contributed by atoms with E-state index in [-0.39, 0.29) is 12.4 Å². The van der Waals surface area contributed by atoms with Crippen molar-refractivity contribution < 1.29 is 18.3 Å². The maximum Gasteiger partial charge on any atom is 0.261 e. The second kappa shape index (κ2) is 6.65. The van der Waals surface area contributed by atoms with Crippen LogP contribution in [0.5, 0.6) is 0 Å². The number of rotatable bonds is 5.